The molecule has 2 heterocycles. The summed E-state index contributed by atoms with van der Waals surface area (Å²) in [7, 11) is -3.67. The van der Waals surface area contributed by atoms with Gasteiger partial charge in [0.05, 0.1) is 0 Å². The van der Waals surface area contributed by atoms with Crippen LogP contribution in [0.25, 0.3) is 11.4 Å². The summed E-state index contributed by atoms with van der Waals surface area (Å²) in [5, 5.41) is 0. The van der Waals surface area contributed by atoms with Crippen molar-refractivity contribution in [2.75, 3.05) is 18.0 Å². The SMILES string of the molecule is Cc1cc(C)c(-n2cc[n+](-c3c(C)cc(C)cc3C)c2)c(C)c1.Cc1cc(C)c(N2C=[N+](c3c(C)cc(C)cc3C)CC2)c(C)c1.FB(F)F.[Cl-].[F-]. The Morgan fingerprint density at radius 3 is 1.29 bits per heavy atom. The lowest BCUT2D eigenvalue weighted by molar-refractivity contribution is -0.595. The number of aromatic nitrogens is 2. The fourth-order valence-electron chi connectivity index (χ4n) is 7.87. The molecule has 0 N–H and O–H groups in total. The van der Waals surface area contributed by atoms with Gasteiger partial charge in [-0.1, -0.05) is 70.8 Å². The number of imidazole rings is 1. The summed E-state index contributed by atoms with van der Waals surface area (Å²) >= 11 is 0. The molecule has 6 rings (SSSR count). The fraction of sp³-hybridized carbons (Fsp3) is 0.333. The van der Waals surface area contributed by atoms with E-state index >= 15 is 0 Å². The molecule has 0 atom stereocenters. The molecule has 0 spiro atoms. The van der Waals surface area contributed by atoms with E-state index < -0.39 is 7.54 Å². The lowest BCUT2D eigenvalue weighted by Crippen LogP contribution is -3.00. The zero-order valence-corrected chi connectivity index (χ0v) is 33.4. The van der Waals surface area contributed by atoms with Crippen molar-refractivity contribution in [1.82, 2.24) is 4.57 Å². The van der Waals surface area contributed by atoms with E-state index in [2.05, 4.69) is 175 Å². The lowest BCUT2D eigenvalue weighted by Gasteiger charge is -2.13. The van der Waals surface area contributed by atoms with Crippen molar-refractivity contribution in [2.45, 2.75) is 83.1 Å². The molecular weight excluding hydrogens is 683 g/mol. The van der Waals surface area contributed by atoms with Gasteiger partial charge in [0.2, 0.25) is 6.34 Å². The van der Waals surface area contributed by atoms with Crippen LogP contribution in [0, 0.1) is 83.1 Å². The Morgan fingerprint density at radius 1 is 0.538 bits per heavy atom. The number of hydrogen-bond acceptors (Lipinski definition) is 1. The molecule has 1 aliphatic rings. The van der Waals surface area contributed by atoms with Crippen LogP contribution in [-0.2, 0) is 0 Å². The van der Waals surface area contributed by atoms with Crippen LogP contribution < -0.4 is 26.6 Å². The molecule has 4 nitrogen and oxygen atoms in total. The van der Waals surface area contributed by atoms with Gasteiger partial charge in [-0.15, -0.1) is 0 Å². The van der Waals surface area contributed by atoms with Gasteiger partial charge in [0.25, 0.3) is 6.33 Å². The Balaban J connectivity index is 0.000000316. The molecule has 0 fully saturated rings. The van der Waals surface area contributed by atoms with Crippen molar-refractivity contribution in [1.29, 1.82) is 0 Å². The van der Waals surface area contributed by atoms with Gasteiger partial charge in [0.1, 0.15) is 48.2 Å². The highest BCUT2D eigenvalue weighted by Gasteiger charge is 2.27. The van der Waals surface area contributed by atoms with E-state index in [0.29, 0.717) is 0 Å². The number of halogens is 5. The quantitative estimate of drug-likeness (QED) is 0.154. The van der Waals surface area contributed by atoms with Crippen LogP contribution in [0.2, 0.25) is 0 Å². The summed E-state index contributed by atoms with van der Waals surface area (Å²) < 4.78 is 35.9. The van der Waals surface area contributed by atoms with Crippen LogP contribution >= 0.6 is 0 Å². The van der Waals surface area contributed by atoms with Crippen LogP contribution in [0.1, 0.15) is 66.8 Å². The minimum Gasteiger partial charge on any atom is -1.00 e. The smallest absolute Gasteiger partial charge is 0.762 e. The van der Waals surface area contributed by atoms with Gasteiger partial charge in [0, 0.05) is 0 Å². The normalized spacial score (nSPS) is 11.8. The second-order valence-electron chi connectivity index (χ2n) is 14.0. The number of benzene rings is 4. The molecule has 0 aliphatic carbocycles. The highest BCUT2D eigenvalue weighted by molar-refractivity contribution is 6.33. The molecule has 0 amide bonds. The summed E-state index contributed by atoms with van der Waals surface area (Å²) in [4.78, 5) is 2.41. The van der Waals surface area contributed by atoms with Crippen molar-refractivity contribution >= 4 is 25.3 Å². The zero-order chi connectivity index (χ0) is 37.0. The zero-order valence-electron chi connectivity index (χ0n) is 32.6. The Kier molecular flexibility index (Phi) is 15.5. The van der Waals surface area contributed by atoms with Crippen molar-refractivity contribution in [3.05, 3.63) is 134 Å². The van der Waals surface area contributed by atoms with Crippen LogP contribution in [0.3, 0.4) is 0 Å². The van der Waals surface area contributed by atoms with Gasteiger partial charge < -0.3 is 17.1 Å². The van der Waals surface area contributed by atoms with Crippen molar-refractivity contribution in [2.24, 2.45) is 0 Å². The second-order valence-corrected chi connectivity index (χ2v) is 14.0. The summed E-state index contributed by atoms with van der Waals surface area (Å²) in [6, 6.07) is 18.1. The minimum absolute atomic E-state index is 0. The van der Waals surface area contributed by atoms with Gasteiger partial charge in [-0.2, -0.15) is 0 Å². The van der Waals surface area contributed by atoms with E-state index in [1.807, 2.05) is 0 Å². The predicted molar refractivity (Wildman–Crippen MR) is 204 cm³/mol. The molecule has 0 bridgehead atoms. The largest absolute Gasteiger partial charge is 1.00 e. The van der Waals surface area contributed by atoms with Crippen LogP contribution in [-0.4, -0.2) is 36.1 Å². The number of rotatable bonds is 4. The Morgan fingerprint density at radius 2 is 0.885 bits per heavy atom. The molecule has 52 heavy (non-hydrogen) atoms. The molecule has 0 saturated carbocycles. The fourth-order valence-corrected chi connectivity index (χ4v) is 7.87. The summed E-state index contributed by atoms with van der Waals surface area (Å²) in [6.07, 6.45) is 8.75. The number of aryl methyl sites for hydroxylation is 12. The first-order valence-electron chi connectivity index (χ1n) is 17.2. The average molecular weight is 735 g/mol. The predicted octanol–water partition coefficient (Wildman–Crippen LogP) is 4.22. The number of nitrogens with zero attached hydrogens (tertiary/aromatic N) is 4. The molecular formula is C42H52BClF4N4. The third-order valence-corrected chi connectivity index (χ3v) is 9.13. The van der Waals surface area contributed by atoms with Gasteiger partial charge >= 0.3 is 7.54 Å². The number of anilines is 1. The van der Waals surface area contributed by atoms with Gasteiger partial charge in [-0.3, -0.25) is 12.9 Å². The van der Waals surface area contributed by atoms with Crippen molar-refractivity contribution in [3.63, 3.8) is 0 Å². The van der Waals surface area contributed by atoms with E-state index in [1.165, 1.54) is 89.5 Å². The molecule has 1 aromatic heterocycles. The van der Waals surface area contributed by atoms with E-state index in [4.69, 9.17) is 0 Å². The molecule has 0 radical (unpaired) electrons. The molecule has 10 heteroatoms. The summed E-state index contributed by atoms with van der Waals surface area (Å²) in [6.45, 7) is 28.3. The molecule has 278 valence electrons. The molecule has 1 aliphatic heterocycles. The van der Waals surface area contributed by atoms with Crippen molar-refractivity contribution < 1.29 is 39.2 Å². The Bertz CT molecular complexity index is 1890. The first-order valence-corrected chi connectivity index (χ1v) is 17.2. The van der Waals surface area contributed by atoms with Crippen LogP contribution in [0.15, 0.2) is 67.3 Å². The van der Waals surface area contributed by atoms with Crippen LogP contribution in [0.4, 0.5) is 24.3 Å². The first kappa shape index (κ1) is 43.8. The van der Waals surface area contributed by atoms with Crippen LogP contribution in [0.5, 0.6) is 0 Å². The number of hydrogen-bond donors (Lipinski definition) is 0. The minimum atomic E-state index is -3.67. The first-order chi connectivity index (χ1) is 23.5. The van der Waals surface area contributed by atoms with E-state index in [-0.39, 0.29) is 17.1 Å². The molecule has 0 unspecified atom stereocenters. The summed E-state index contributed by atoms with van der Waals surface area (Å²) in [5.41, 5.74) is 21.2. The molecule has 5 aromatic rings. The summed E-state index contributed by atoms with van der Waals surface area (Å²) in [5.74, 6) is 0. The monoisotopic (exact) mass is 734 g/mol. The third kappa shape index (κ3) is 10.4. The van der Waals surface area contributed by atoms with E-state index in [0.717, 1.165) is 13.1 Å². The average Bonchev–Trinajstić information content (AvgIpc) is 3.62. The maximum atomic E-state index is 9.67. The Hall–Kier alpha value is -4.37. The van der Waals surface area contributed by atoms with E-state index in [9.17, 15) is 12.9 Å². The Labute approximate surface area is 314 Å². The second kappa shape index (κ2) is 18.4. The topological polar surface area (TPSA) is 15.1 Å². The standard InChI is InChI=1S/C21H27N2.C21H25N2.BF3.ClH.FH/c2*1-14-9-16(3)20(17(4)10-14)22-7-8-23(13-22)21-18(5)11-15(2)12-19(21)6;2-1(3)4;;/h9-13H,7-8H2,1-6H3;7-13H,1-6H3;;2*1H/q2*+1;;;/p-2. The van der Waals surface area contributed by atoms with Crippen molar-refractivity contribution in [3.8, 4) is 11.4 Å². The van der Waals surface area contributed by atoms with Gasteiger partial charge in [0.15, 0.2) is 0 Å². The third-order valence-electron chi connectivity index (χ3n) is 9.13. The van der Waals surface area contributed by atoms with E-state index in [1.54, 1.807) is 0 Å². The highest BCUT2D eigenvalue weighted by atomic mass is 35.5. The lowest BCUT2D eigenvalue weighted by atomic mass is 10.0. The van der Waals surface area contributed by atoms with Gasteiger partial charge in [-0.05, 0) is 128 Å². The maximum absolute atomic E-state index is 9.67. The van der Waals surface area contributed by atoms with Gasteiger partial charge in [-0.25, -0.2) is 18.6 Å². The molecule has 0 saturated heterocycles. The molecule has 4 aromatic carbocycles. The highest BCUT2D eigenvalue weighted by Crippen LogP contribution is 2.30. The maximum Gasteiger partial charge on any atom is 0.762 e.